The van der Waals surface area contributed by atoms with Crippen LogP contribution >= 0.6 is 0 Å². The predicted molar refractivity (Wildman–Crippen MR) is 138 cm³/mol. The number of nitrogen functional groups attached to an aromatic ring is 1. The van der Waals surface area contributed by atoms with E-state index in [0.717, 1.165) is 22.2 Å². The van der Waals surface area contributed by atoms with E-state index in [2.05, 4.69) is 0 Å². The second kappa shape index (κ2) is 10.7. The molecule has 0 bridgehead atoms. The highest BCUT2D eigenvalue weighted by molar-refractivity contribution is 5.98. The number of alkyl halides is 3. The molecule has 11 nitrogen and oxygen atoms in total. The van der Waals surface area contributed by atoms with Crippen LogP contribution in [0.25, 0.3) is 0 Å². The fourth-order valence-corrected chi connectivity index (χ4v) is 5.83. The largest absolute Gasteiger partial charge is 0.494 e. The molecular formula is C26H30F4N6O5. The lowest BCUT2D eigenvalue weighted by Crippen LogP contribution is -2.60. The fraction of sp³-hybridized carbons (Fsp3) is 0.500. The molecule has 41 heavy (non-hydrogen) atoms. The van der Waals surface area contributed by atoms with Gasteiger partial charge in [0, 0.05) is 19.6 Å². The average molecular weight is 583 g/mol. The van der Waals surface area contributed by atoms with Crippen molar-refractivity contribution in [3.05, 3.63) is 62.0 Å². The van der Waals surface area contributed by atoms with Crippen molar-refractivity contribution in [1.29, 1.82) is 5.41 Å². The van der Waals surface area contributed by atoms with Crippen molar-refractivity contribution in [3.63, 3.8) is 0 Å². The van der Waals surface area contributed by atoms with Crippen LogP contribution in [0.2, 0.25) is 0 Å². The van der Waals surface area contributed by atoms with Crippen LogP contribution in [0.1, 0.15) is 49.8 Å². The Hall–Kier alpha value is -4.17. The van der Waals surface area contributed by atoms with Crippen LogP contribution in [0.15, 0.2) is 33.9 Å². The fourth-order valence-electron chi connectivity index (χ4n) is 5.83. The maximum absolute atomic E-state index is 13.8. The second-order valence-electron chi connectivity index (χ2n) is 10.9. The van der Waals surface area contributed by atoms with Crippen LogP contribution in [0, 0.1) is 22.6 Å². The van der Waals surface area contributed by atoms with E-state index in [1.165, 1.54) is 18.2 Å². The zero-order valence-corrected chi connectivity index (χ0v) is 22.4. The molecular weight excluding hydrogens is 552 g/mol. The number of nitrogens with one attached hydrogen (secondary N) is 1. The molecule has 2 aliphatic rings. The number of aromatic hydroxyl groups is 1. The molecule has 1 aromatic heterocycles. The van der Waals surface area contributed by atoms with Crippen LogP contribution < -0.4 is 17.0 Å². The lowest BCUT2D eigenvalue weighted by molar-refractivity contribution is -0.157. The summed E-state index contributed by atoms with van der Waals surface area (Å²) in [5, 5.41) is 18.5. The van der Waals surface area contributed by atoms with Gasteiger partial charge in [0.1, 0.15) is 23.8 Å². The summed E-state index contributed by atoms with van der Waals surface area (Å²) < 4.78 is 54.8. The number of hydrogen-bond donors (Lipinski definition) is 3. The Balaban J connectivity index is 1.65. The summed E-state index contributed by atoms with van der Waals surface area (Å²) in [6.45, 7) is -0.513. The van der Waals surface area contributed by atoms with E-state index >= 15 is 0 Å². The molecule has 1 aliphatic heterocycles. The van der Waals surface area contributed by atoms with E-state index in [9.17, 15) is 41.8 Å². The highest BCUT2D eigenvalue weighted by Crippen LogP contribution is 2.47. The quantitative estimate of drug-likeness (QED) is 0.270. The third kappa shape index (κ3) is 5.70. The molecule has 2 fully saturated rings. The zero-order chi connectivity index (χ0) is 30.4. The van der Waals surface area contributed by atoms with E-state index in [0.29, 0.717) is 15.4 Å². The number of urea groups is 1. The van der Waals surface area contributed by atoms with Gasteiger partial charge in [0.2, 0.25) is 11.8 Å². The number of imide groups is 1. The lowest BCUT2D eigenvalue weighted by atomic mass is 9.65. The van der Waals surface area contributed by atoms with Gasteiger partial charge < -0.3 is 15.7 Å². The molecule has 0 radical (unpaired) electrons. The van der Waals surface area contributed by atoms with Crippen LogP contribution in [-0.4, -0.2) is 68.1 Å². The normalized spacial score (nSPS) is 23.7. The first-order valence-electron chi connectivity index (χ1n) is 12.8. The number of nitrogens with two attached hydrogens (primary N) is 1. The maximum atomic E-state index is 13.8. The van der Waals surface area contributed by atoms with Crippen molar-refractivity contribution < 1.29 is 32.3 Å². The topological polar surface area (TPSA) is 155 Å². The Morgan fingerprint density at radius 2 is 1.80 bits per heavy atom. The molecule has 15 heteroatoms. The monoisotopic (exact) mass is 582 g/mol. The predicted octanol–water partition coefficient (Wildman–Crippen LogP) is 2.38. The van der Waals surface area contributed by atoms with Crippen molar-refractivity contribution in [2.24, 2.45) is 17.1 Å². The number of benzene rings is 1. The molecule has 1 unspecified atom stereocenters. The van der Waals surface area contributed by atoms with E-state index in [-0.39, 0.29) is 32.2 Å². The van der Waals surface area contributed by atoms with Crippen LogP contribution in [0.4, 0.5) is 22.4 Å². The second-order valence-corrected chi connectivity index (χ2v) is 10.9. The van der Waals surface area contributed by atoms with Gasteiger partial charge in [0.15, 0.2) is 0 Å². The number of halogens is 4. The van der Waals surface area contributed by atoms with E-state index in [1.807, 2.05) is 0 Å². The first kappa shape index (κ1) is 29.8. The number of aromatic nitrogens is 2. The Kier molecular flexibility index (Phi) is 7.76. The van der Waals surface area contributed by atoms with Gasteiger partial charge in [-0.05, 0) is 48.8 Å². The molecule has 1 atom stereocenters. The number of nitrogens with zero attached hydrogens (tertiary/aromatic N) is 4. The van der Waals surface area contributed by atoms with Gasteiger partial charge in [-0.3, -0.25) is 29.0 Å². The van der Waals surface area contributed by atoms with Crippen molar-refractivity contribution in [3.8, 4) is 5.88 Å². The molecule has 1 aromatic carbocycles. The Labute approximate surface area is 231 Å². The summed E-state index contributed by atoms with van der Waals surface area (Å²) in [7, 11) is 1.13. The van der Waals surface area contributed by atoms with Crippen molar-refractivity contribution in [1.82, 2.24) is 18.9 Å². The molecule has 4 N–H and O–H groups in total. The van der Waals surface area contributed by atoms with E-state index < -0.39 is 82.9 Å². The van der Waals surface area contributed by atoms with Gasteiger partial charge >= 0.3 is 17.9 Å². The zero-order valence-electron chi connectivity index (χ0n) is 22.4. The molecule has 2 aromatic rings. The van der Waals surface area contributed by atoms with Gasteiger partial charge in [-0.25, -0.2) is 14.0 Å². The minimum atomic E-state index is -4.65. The third-order valence-corrected chi connectivity index (χ3v) is 8.11. The third-order valence-electron chi connectivity index (χ3n) is 8.11. The van der Waals surface area contributed by atoms with Crippen LogP contribution in [-0.2, 0) is 11.3 Å². The maximum Gasteiger partial charge on any atom is 0.406 e. The summed E-state index contributed by atoms with van der Waals surface area (Å²) in [4.78, 5) is 53.4. The minimum absolute atomic E-state index is 0.161. The summed E-state index contributed by atoms with van der Waals surface area (Å²) in [5.41, 5.74) is 2.52. The number of rotatable bonds is 6. The van der Waals surface area contributed by atoms with Gasteiger partial charge in [0.25, 0.3) is 5.56 Å². The molecule has 0 spiro atoms. The van der Waals surface area contributed by atoms with Gasteiger partial charge in [-0.1, -0.05) is 19.1 Å². The van der Waals surface area contributed by atoms with Crippen molar-refractivity contribution in [2.45, 2.75) is 51.4 Å². The van der Waals surface area contributed by atoms with Gasteiger partial charge in [-0.2, -0.15) is 13.2 Å². The Morgan fingerprint density at radius 1 is 1.17 bits per heavy atom. The van der Waals surface area contributed by atoms with E-state index in [4.69, 9.17) is 11.1 Å². The average Bonchev–Trinajstić information content (AvgIpc) is 2.87. The summed E-state index contributed by atoms with van der Waals surface area (Å²) in [6.07, 6.45) is -3.88. The molecule has 2 heterocycles. The molecule has 3 amide bonds. The van der Waals surface area contributed by atoms with Crippen molar-refractivity contribution in [2.75, 3.05) is 20.1 Å². The molecule has 1 saturated heterocycles. The summed E-state index contributed by atoms with van der Waals surface area (Å²) >= 11 is 0. The first-order chi connectivity index (χ1) is 19.0. The molecule has 1 saturated carbocycles. The number of carbonyl (C=O) groups excluding carboxylic acids is 2. The van der Waals surface area contributed by atoms with E-state index in [1.54, 1.807) is 6.92 Å². The first-order valence-corrected chi connectivity index (χ1v) is 12.8. The van der Waals surface area contributed by atoms with Crippen LogP contribution in [0.3, 0.4) is 0 Å². The number of amides is 3. The summed E-state index contributed by atoms with van der Waals surface area (Å²) in [5.74, 6) is -3.74. The Morgan fingerprint density at radius 3 is 2.37 bits per heavy atom. The number of amidine groups is 1. The number of carbonyl (C=O) groups is 2. The highest BCUT2D eigenvalue weighted by Gasteiger charge is 2.50. The molecule has 1 aliphatic carbocycles. The standard InChI is InChI=1S/C26H30F4N6O5/c1-25(17-12-34(13-26(28,29)30)23(40)33(2)20(17)37)8-6-16(7-9-25)36-22(39)18(19(31)32)21(38)35(24(36)41)11-14-4-3-5-15(27)10-14/h3-5,10,16-17,38H,6-9,11-13H2,1-2H3,(H3,31,32). The van der Waals surface area contributed by atoms with Crippen LogP contribution in [0.5, 0.6) is 5.88 Å². The van der Waals surface area contributed by atoms with Gasteiger partial charge in [0.05, 0.1) is 12.5 Å². The van der Waals surface area contributed by atoms with Crippen molar-refractivity contribution >= 4 is 17.8 Å². The Bertz CT molecular complexity index is 1510. The molecule has 222 valence electrons. The minimum Gasteiger partial charge on any atom is -0.494 e. The smallest absolute Gasteiger partial charge is 0.406 e. The lowest BCUT2D eigenvalue weighted by Gasteiger charge is -2.47. The number of hydrogen-bond acceptors (Lipinski definition) is 6. The SMILES string of the molecule is CN1C(=O)C(C2(C)CCC(n3c(=O)c(C(=N)N)c(O)n(Cc4cccc(F)c4)c3=O)CC2)CN(CC(F)(F)F)C1=O. The molecule has 4 rings (SSSR count). The highest BCUT2D eigenvalue weighted by atomic mass is 19.4. The summed E-state index contributed by atoms with van der Waals surface area (Å²) in [6, 6.07) is 3.47. The van der Waals surface area contributed by atoms with Gasteiger partial charge in [-0.15, -0.1) is 0 Å².